The van der Waals surface area contributed by atoms with Crippen molar-refractivity contribution >= 4 is 11.7 Å². The standard InChI is InChI=1S/C18H13F2N3O/c19-14-8-4-7-12(16(14)20)13-9-15(24)22-18-17(13)21-10-23(18)11-5-2-1-3-6-11/h1-8,10,13H,9H2,(H,22,24)/t13-/m0/s1. The molecule has 2 heterocycles. The first-order chi connectivity index (χ1) is 11.6. The fourth-order valence-electron chi connectivity index (χ4n) is 3.04. The third kappa shape index (κ3) is 2.27. The second kappa shape index (κ2) is 5.56. The molecule has 4 nitrogen and oxygen atoms in total. The van der Waals surface area contributed by atoms with Gasteiger partial charge in [-0.15, -0.1) is 0 Å². The van der Waals surface area contributed by atoms with Gasteiger partial charge in [0.2, 0.25) is 5.91 Å². The van der Waals surface area contributed by atoms with Crippen molar-refractivity contribution in [3.8, 4) is 5.69 Å². The summed E-state index contributed by atoms with van der Waals surface area (Å²) in [6.45, 7) is 0. The summed E-state index contributed by atoms with van der Waals surface area (Å²) in [5, 5.41) is 2.79. The highest BCUT2D eigenvalue weighted by atomic mass is 19.2. The maximum Gasteiger partial charge on any atom is 0.226 e. The summed E-state index contributed by atoms with van der Waals surface area (Å²) in [5.41, 5.74) is 1.50. The quantitative estimate of drug-likeness (QED) is 0.782. The van der Waals surface area contributed by atoms with Crippen LogP contribution in [0.15, 0.2) is 54.9 Å². The molecule has 24 heavy (non-hydrogen) atoms. The number of rotatable bonds is 2. The molecule has 0 spiro atoms. The summed E-state index contributed by atoms with van der Waals surface area (Å²) in [6, 6.07) is 13.4. The topological polar surface area (TPSA) is 46.9 Å². The van der Waals surface area contributed by atoms with Crippen LogP contribution in [0.4, 0.5) is 14.6 Å². The van der Waals surface area contributed by atoms with Crippen molar-refractivity contribution in [2.24, 2.45) is 0 Å². The highest BCUT2D eigenvalue weighted by molar-refractivity contribution is 5.94. The molecule has 0 fully saturated rings. The Bertz CT molecular complexity index is 921. The van der Waals surface area contributed by atoms with Gasteiger partial charge in [-0.25, -0.2) is 13.8 Å². The third-order valence-electron chi connectivity index (χ3n) is 4.16. The molecule has 0 saturated heterocycles. The summed E-state index contributed by atoms with van der Waals surface area (Å²) < 4.78 is 29.5. The number of hydrogen-bond acceptors (Lipinski definition) is 2. The van der Waals surface area contributed by atoms with Gasteiger partial charge in [0.1, 0.15) is 12.1 Å². The molecule has 1 aromatic heterocycles. The summed E-state index contributed by atoms with van der Waals surface area (Å²) >= 11 is 0. The summed E-state index contributed by atoms with van der Waals surface area (Å²) in [7, 11) is 0. The van der Waals surface area contributed by atoms with Crippen LogP contribution in [0, 0.1) is 11.6 Å². The molecule has 0 aliphatic carbocycles. The Labute approximate surface area is 136 Å². The number of imidazole rings is 1. The van der Waals surface area contributed by atoms with Crippen LogP contribution in [0.2, 0.25) is 0 Å². The number of carbonyl (C=O) groups excluding carboxylic acids is 1. The van der Waals surface area contributed by atoms with Crippen molar-refractivity contribution in [2.75, 3.05) is 5.32 Å². The summed E-state index contributed by atoms with van der Waals surface area (Å²) in [5.74, 6) is -2.24. The van der Waals surface area contributed by atoms with E-state index in [1.165, 1.54) is 12.1 Å². The zero-order valence-corrected chi connectivity index (χ0v) is 12.5. The van der Waals surface area contributed by atoms with E-state index in [9.17, 15) is 13.6 Å². The van der Waals surface area contributed by atoms with E-state index < -0.39 is 17.6 Å². The monoisotopic (exact) mass is 325 g/mol. The molecule has 0 unspecified atom stereocenters. The number of fused-ring (bicyclic) bond motifs is 1. The number of benzene rings is 2. The number of amides is 1. The lowest BCUT2D eigenvalue weighted by molar-refractivity contribution is -0.116. The van der Waals surface area contributed by atoms with Gasteiger partial charge in [-0.2, -0.15) is 0 Å². The number of nitrogens with one attached hydrogen (secondary N) is 1. The number of aromatic nitrogens is 2. The Morgan fingerprint density at radius 3 is 2.67 bits per heavy atom. The molecule has 0 bridgehead atoms. The minimum atomic E-state index is -0.933. The molecule has 1 atom stereocenters. The van der Waals surface area contributed by atoms with Crippen LogP contribution >= 0.6 is 0 Å². The molecule has 1 aliphatic rings. The molecule has 0 saturated carbocycles. The van der Waals surface area contributed by atoms with E-state index in [2.05, 4.69) is 10.3 Å². The molecule has 0 radical (unpaired) electrons. The number of anilines is 1. The van der Waals surface area contributed by atoms with Crippen molar-refractivity contribution in [1.82, 2.24) is 9.55 Å². The van der Waals surface area contributed by atoms with Crippen molar-refractivity contribution in [3.63, 3.8) is 0 Å². The van der Waals surface area contributed by atoms with E-state index in [-0.39, 0.29) is 17.9 Å². The smallest absolute Gasteiger partial charge is 0.226 e. The summed E-state index contributed by atoms with van der Waals surface area (Å²) in [4.78, 5) is 16.5. The van der Waals surface area contributed by atoms with Crippen molar-refractivity contribution in [3.05, 3.63) is 77.8 Å². The molecule has 1 aliphatic heterocycles. The Morgan fingerprint density at radius 2 is 1.88 bits per heavy atom. The number of halogens is 2. The first kappa shape index (κ1) is 14.6. The van der Waals surface area contributed by atoms with Crippen LogP contribution < -0.4 is 5.32 Å². The Kier molecular flexibility index (Phi) is 3.37. The number of carbonyl (C=O) groups is 1. The second-order valence-electron chi connectivity index (χ2n) is 5.63. The fraction of sp³-hybridized carbons (Fsp3) is 0.111. The lowest BCUT2D eigenvalue weighted by Gasteiger charge is -2.23. The molecule has 120 valence electrons. The van der Waals surface area contributed by atoms with Gasteiger partial charge in [0.15, 0.2) is 11.6 Å². The average molecular weight is 325 g/mol. The maximum atomic E-state index is 14.2. The minimum absolute atomic E-state index is 0.0270. The number of hydrogen-bond donors (Lipinski definition) is 1. The first-order valence-corrected chi connectivity index (χ1v) is 7.51. The van der Waals surface area contributed by atoms with Crippen molar-refractivity contribution in [1.29, 1.82) is 0 Å². The third-order valence-corrected chi connectivity index (χ3v) is 4.16. The van der Waals surface area contributed by atoms with Crippen LogP contribution in [0.3, 0.4) is 0 Å². The Balaban J connectivity index is 1.86. The highest BCUT2D eigenvalue weighted by Crippen LogP contribution is 2.38. The SMILES string of the molecule is O=C1C[C@@H](c2cccc(F)c2F)c2ncn(-c3ccccc3)c2N1. The van der Waals surface area contributed by atoms with Gasteiger partial charge in [-0.3, -0.25) is 9.36 Å². The molecular formula is C18H13F2N3O. The lowest BCUT2D eigenvalue weighted by atomic mass is 9.89. The van der Waals surface area contributed by atoms with Gasteiger partial charge in [0.25, 0.3) is 0 Å². The lowest BCUT2D eigenvalue weighted by Crippen LogP contribution is -2.25. The van der Waals surface area contributed by atoms with Crippen LogP contribution in [0.25, 0.3) is 5.69 Å². The molecular weight excluding hydrogens is 312 g/mol. The van der Waals surface area contributed by atoms with Crippen molar-refractivity contribution in [2.45, 2.75) is 12.3 Å². The van der Waals surface area contributed by atoms with Gasteiger partial charge in [0.05, 0.1) is 5.69 Å². The highest BCUT2D eigenvalue weighted by Gasteiger charge is 2.33. The number of nitrogens with zero attached hydrogens (tertiary/aromatic N) is 2. The van der Waals surface area contributed by atoms with Gasteiger partial charge < -0.3 is 5.32 Å². The van der Waals surface area contributed by atoms with Crippen molar-refractivity contribution < 1.29 is 13.6 Å². The van der Waals surface area contributed by atoms with Gasteiger partial charge in [0, 0.05) is 23.6 Å². The normalized spacial score (nSPS) is 16.6. The molecule has 2 aromatic carbocycles. The zero-order valence-electron chi connectivity index (χ0n) is 12.5. The Hall–Kier alpha value is -3.02. The molecule has 1 amide bonds. The maximum absolute atomic E-state index is 14.2. The Morgan fingerprint density at radius 1 is 1.08 bits per heavy atom. The van der Waals surface area contributed by atoms with E-state index in [1.807, 2.05) is 30.3 Å². The molecule has 3 aromatic rings. The van der Waals surface area contributed by atoms with Gasteiger partial charge in [-0.1, -0.05) is 30.3 Å². The van der Waals surface area contributed by atoms with Crippen LogP contribution in [0.5, 0.6) is 0 Å². The van der Waals surface area contributed by atoms with Crippen LogP contribution in [0.1, 0.15) is 23.6 Å². The van der Waals surface area contributed by atoms with E-state index in [0.717, 1.165) is 11.8 Å². The van der Waals surface area contributed by atoms with Crippen LogP contribution in [-0.4, -0.2) is 15.5 Å². The largest absolute Gasteiger partial charge is 0.310 e. The molecule has 1 N–H and O–H groups in total. The van der Waals surface area contributed by atoms with E-state index in [0.29, 0.717) is 11.5 Å². The average Bonchev–Trinajstić information content (AvgIpc) is 3.01. The van der Waals surface area contributed by atoms with E-state index >= 15 is 0 Å². The second-order valence-corrected chi connectivity index (χ2v) is 5.63. The molecule has 6 heteroatoms. The van der Waals surface area contributed by atoms with E-state index in [1.54, 1.807) is 10.9 Å². The minimum Gasteiger partial charge on any atom is -0.310 e. The zero-order chi connectivity index (χ0) is 16.7. The number of para-hydroxylation sites is 1. The molecule has 4 rings (SSSR count). The van der Waals surface area contributed by atoms with Gasteiger partial charge >= 0.3 is 0 Å². The summed E-state index contributed by atoms with van der Waals surface area (Å²) in [6.07, 6.45) is 1.61. The van der Waals surface area contributed by atoms with E-state index in [4.69, 9.17) is 0 Å². The van der Waals surface area contributed by atoms with Gasteiger partial charge in [-0.05, 0) is 18.2 Å². The first-order valence-electron chi connectivity index (χ1n) is 7.51. The van der Waals surface area contributed by atoms with Crippen LogP contribution in [-0.2, 0) is 4.79 Å². The fourth-order valence-corrected chi connectivity index (χ4v) is 3.04. The predicted molar refractivity (Wildman–Crippen MR) is 85.0 cm³/mol. The predicted octanol–water partition coefficient (Wildman–Crippen LogP) is 3.62.